The summed E-state index contributed by atoms with van der Waals surface area (Å²) < 4.78 is 9.72. The second-order valence-corrected chi connectivity index (χ2v) is 5.20. The highest BCUT2D eigenvalue weighted by Gasteiger charge is 2.22. The Labute approximate surface area is 135 Å². The molecule has 0 unspecified atom stereocenters. The molecule has 0 saturated heterocycles. The van der Waals surface area contributed by atoms with Gasteiger partial charge in [-0.2, -0.15) is 0 Å². The first kappa shape index (κ1) is 16.3. The van der Waals surface area contributed by atoms with Crippen molar-refractivity contribution in [3.8, 4) is 0 Å². The van der Waals surface area contributed by atoms with E-state index in [9.17, 15) is 9.59 Å². The third-order valence-corrected chi connectivity index (χ3v) is 3.03. The van der Waals surface area contributed by atoms with Gasteiger partial charge in [0.1, 0.15) is 0 Å². The third kappa shape index (κ3) is 3.96. The van der Waals surface area contributed by atoms with Crippen molar-refractivity contribution in [2.45, 2.75) is 20.0 Å². The molecule has 1 atom stereocenters. The number of aryl methyl sites for hydroxylation is 1. The number of nitrogens with one attached hydrogen (secondary N) is 1. The molecule has 0 saturated carbocycles. The maximum atomic E-state index is 12.0. The van der Waals surface area contributed by atoms with Crippen molar-refractivity contribution in [1.29, 1.82) is 0 Å². The van der Waals surface area contributed by atoms with Crippen molar-refractivity contribution in [3.63, 3.8) is 0 Å². The summed E-state index contributed by atoms with van der Waals surface area (Å²) in [6.07, 6.45) is 0.253. The first-order chi connectivity index (χ1) is 10.4. The molecule has 2 aromatic rings. The molecule has 0 aliphatic rings. The minimum absolute atomic E-state index is 0.0835. The fraction of sp³-hybridized carbons (Fsp3) is 0.231. The number of pyridine rings is 1. The monoisotopic (exact) mass is 343 g/mol. The van der Waals surface area contributed by atoms with Gasteiger partial charge in [0.05, 0.1) is 15.7 Å². The molecule has 2 rings (SSSR count). The molecule has 0 aromatic carbocycles. The number of carbonyl (C=O) groups excluding carboxylic acids is 2. The van der Waals surface area contributed by atoms with E-state index in [0.717, 1.165) is 0 Å². The Morgan fingerprint density at radius 1 is 1.36 bits per heavy atom. The van der Waals surface area contributed by atoms with Gasteiger partial charge in [-0.3, -0.25) is 4.79 Å². The Hall–Kier alpha value is -2.12. The molecule has 116 valence electrons. The van der Waals surface area contributed by atoms with Gasteiger partial charge in [0, 0.05) is 12.3 Å². The van der Waals surface area contributed by atoms with Gasteiger partial charge >= 0.3 is 5.97 Å². The quantitative estimate of drug-likeness (QED) is 0.857. The van der Waals surface area contributed by atoms with Crippen molar-refractivity contribution < 1.29 is 18.8 Å². The first-order valence-electron chi connectivity index (χ1n) is 6.13. The molecule has 0 bridgehead atoms. The fourth-order valence-corrected chi connectivity index (χ4v) is 1.88. The van der Waals surface area contributed by atoms with Crippen LogP contribution in [0.25, 0.3) is 0 Å². The number of amides is 1. The average molecular weight is 344 g/mol. The van der Waals surface area contributed by atoms with Crippen LogP contribution in [0.5, 0.6) is 0 Å². The van der Waals surface area contributed by atoms with Gasteiger partial charge in [0.15, 0.2) is 11.9 Å². The number of hydrogen-bond donors (Lipinski definition) is 1. The standard InChI is InChI=1S/C13H11Cl2N3O4/c1-6-3-10(22-18-6)13(20)21-7(2)12(19)17-11-9(15)4-8(14)5-16-11/h3-5,7H,1-2H3,(H,16,17,19)/t7-/m1/s1. The van der Waals surface area contributed by atoms with Crippen LogP contribution in [-0.2, 0) is 9.53 Å². The van der Waals surface area contributed by atoms with Crippen molar-refractivity contribution >= 4 is 40.9 Å². The number of esters is 1. The second-order valence-electron chi connectivity index (χ2n) is 4.35. The Morgan fingerprint density at radius 3 is 2.68 bits per heavy atom. The van der Waals surface area contributed by atoms with Gasteiger partial charge in [-0.05, 0) is 19.9 Å². The Balaban J connectivity index is 1.98. The molecular weight excluding hydrogens is 333 g/mol. The summed E-state index contributed by atoms with van der Waals surface area (Å²) in [5.41, 5.74) is 0.529. The Morgan fingerprint density at radius 2 is 2.09 bits per heavy atom. The lowest BCUT2D eigenvalue weighted by Gasteiger charge is -2.12. The second kappa shape index (κ2) is 6.76. The van der Waals surface area contributed by atoms with Gasteiger partial charge in [-0.1, -0.05) is 28.4 Å². The summed E-state index contributed by atoms with van der Waals surface area (Å²) in [7, 11) is 0. The zero-order valence-electron chi connectivity index (χ0n) is 11.6. The highest BCUT2D eigenvalue weighted by atomic mass is 35.5. The molecule has 9 heteroatoms. The van der Waals surface area contributed by atoms with Gasteiger partial charge in [0.25, 0.3) is 5.91 Å². The largest absolute Gasteiger partial charge is 0.447 e. The molecule has 0 aliphatic heterocycles. The SMILES string of the molecule is Cc1cc(C(=O)O[C@H](C)C(=O)Nc2ncc(Cl)cc2Cl)on1. The van der Waals surface area contributed by atoms with Gasteiger partial charge in [-0.25, -0.2) is 9.78 Å². The van der Waals surface area contributed by atoms with E-state index in [2.05, 4.69) is 15.5 Å². The molecule has 2 aromatic heterocycles. The van der Waals surface area contributed by atoms with Crippen LogP contribution in [0.3, 0.4) is 0 Å². The Bertz CT molecular complexity index is 717. The number of rotatable bonds is 4. The zero-order chi connectivity index (χ0) is 16.3. The smallest absolute Gasteiger partial charge is 0.377 e. The lowest BCUT2D eigenvalue weighted by molar-refractivity contribution is -0.123. The van der Waals surface area contributed by atoms with Crippen molar-refractivity contribution in [1.82, 2.24) is 10.1 Å². The van der Waals surface area contributed by atoms with Crippen LogP contribution in [0.4, 0.5) is 5.82 Å². The summed E-state index contributed by atoms with van der Waals surface area (Å²) in [6, 6.07) is 2.84. The minimum Gasteiger partial charge on any atom is -0.447 e. The fourth-order valence-electron chi connectivity index (χ4n) is 1.46. The third-order valence-electron chi connectivity index (χ3n) is 2.53. The maximum Gasteiger partial charge on any atom is 0.377 e. The molecule has 1 amide bonds. The van der Waals surface area contributed by atoms with E-state index < -0.39 is 18.0 Å². The molecule has 2 heterocycles. The van der Waals surface area contributed by atoms with Crippen molar-refractivity contribution in [3.05, 3.63) is 39.8 Å². The summed E-state index contributed by atoms with van der Waals surface area (Å²) in [4.78, 5) is 27.6. The lowest BCUT2D eigenvalue weighted by Crippen LogP contribution is -2.30. The number of nitrogens with zero attached hydrogens (tertiary/aromatic N) is 2. The zero-order valence-corrected chi connectivity index (χ0v) is 13.1. The summed E-state index contributed by atoms with van der Waals surface area (Å²) in [5, 5.41) is 6.50. The number of ether oxygens (including phenoxy) is 1. The molecule has 0 radical (unpaired) electrons. The topological polar surface area (TPSA) is 94.3 Å². The van der Waals surface area contributed by atoms with E-state index in [1.54, 1.807) is 6.92 Å². The maximum absolute atomic E-state index is 12.0. The summed E-state index contributed by atoms with van der Waals surface area (Å²) in [5.74, 6) is -1.35. The van der Waals surface area contributed by atoms with Crippen LogP contribution in [0, 0.1) is 6.92 Å². The number of anilines is 1. The van der Waals surface area contributed by atoms with Gasteiger partial charge in [-0.15, -0.1) is 0 Å². The number of carbonyl (C=O) groups is 2. The van der Waals surface area contributed by atoms with Crippen LogP contribution >= 0.6 is 23.2 Å². The number of hydrogen-bond acceptors (Lipinski definition) is 6. The van der Waals surface area contributed by atoms with E-state index in [-0.39, 0.29) is 16.6 Å². The van der Waals surface area contributed by atoms with E-state index >= 15 is 0 Å². The number of halogens is 2. The predicted octanol–water partition coefficient (Wildman–Crippen LogP) is 2.87. The molecule has 0 spiro atoms. The predicted molar refractivity (Wildman–Crippen MR) is 79.0 cm³/mol. The van der Waals surface area contributed by atoms with Crippen molar-refractivity contribution in [2.75, 3.05) is 5.32 Å². The molecular formula is C13H11Cl2N3O4. The molecule has 22 heavy (non-hydrogen) atoms. The lowest BCUT2D eigenvalue weighted by atomic mass is 10.3. The van der Waals surface area contributed by atoms with E-state index in [1.165, 1.54) is 25.3 Å². The van der Waals surface area contributed by atoms with Crippen LogP contribution < -0.4 is 5.32 Å². The molecule has 1 N–H and O–H groups in total. The summed E-state index contributed by atoms with van der Waals surface area (Å²) >= 11 is 11.6. The average Bonchev–Trinajstić information content (AvgIpc) is 2.88. The van der Waals surface area contributed by atoms with Crippen LogP contribution in [0.15, 0.2) is 22.9 Å². The minimum atomic E-state index is -1.08. The normalized spacial score (nSPS) is 11.8. The van der Waals surface area contributed by atoms with Gasteiger partial charge < -0.3 is 14.6 Å². The molecule has 0 fully saturated rings. The first-order valence-corrected chi connectivity index (χ1v) is 6.88. The van der Waals surface area contributed by atoms with Crippen molar-refractivity contribution in [2.24, 2.45) is 0 Å². The number of aromatic nitrogens is 2. The van der Waals surface area contributed by atoms with Crippen LogP contribution in [-0.4, -0.2) is 28.1 Å². The molecule has 0 aliphatic carbocycles. The highest BCUT2D eigenvalue weighted by molar-refractivity contribution is 6.36. The molecule has 7 nitrogen and oxygen atoms in total. The van der Waals surface area contributed by atoms with E-state index in [0.29, 0.717) is 10.7 Å². The van der Waals surface area contributed by atoms with Crippen LogP contribution in [0.2, 0.25) is 10.0 Å². The van der Waals surface area contributed by atoms with Gasteiger partial charge in [0.2, 0.25) is 5.76 Å². The van der Waals surface area contributed by atoms with Crippen LogP contribution in [0.1, 0.15) is 23.2 Å². The highest BCUT2D eigenvalue weighted by Crippen LogP contribution is 2.22. The summed E-state index contributed by atoms with van der Waals surface area (Å²) in [6.45, 7) is 3.06. The van der Waals surface area contributed by atoms with E-state index in [4.69, 9.17) is 32.5 Å². The van der Waals surface area contributed by atoms with E-state index in [1.807, 2.05) is 0 Å². The Kier molecular flexibility index (Phi) is 4.99.